The molecule has 0 aliphatic carbocycles. The Bertz CT molecular complexity index is 885. The normalized spacial score (nSPS) is 10.7. The van der Waals surface area contributed by atoms with Crippen LogP contribution >= 0.6 is 15.9 Å². The second kappa shape index (κ2) is 5.85. The number of halogens is 1. The van der Waals surface area contributed by atoms with E-state index in [0.29, 0.717) is 28.0 Å². The average molecular weight is 360 g/mol. The van der Waals surface area contributed by atoms with Crippen LogP contribution in [0.1, 0.15) is 0 Å². The van der Waals surface area contributed by atoms with E-state index < -0.39 is 0 Å². The van der Waals surface area contributed by atoms with Gasteiger partial charge in [0.1, 0.15) is 11.5 Å². The summed E-state index contributed by atoms with van der Waals surface area (Å²) in [5.41, 5.74) is 2.06. The van der Waals surface area contributed by atoms with E-state index in [0.717, 1.165) is 10.0 Å². The Morgan fingerprint density at radius 2 is 1.77 bits per heavy atom. The number of fused-ring (bicyclic) bond motifs is 1. The van der Waals surface area contributed by atoms with E-state index in [4.69, 9.17) is 9.47 Å². The van der Waals surface area contributed by atoms with Gasteiger partial charge in [-0.1, -0.05) is 28.1 Å². The molecule has 0 unspecified atom stereocenters. The van der Waals surface area contributed by atoms with Crippen molar-refractivity contribution in [2.75, 3.05) is 14.2 Å². The van der Waals surface area contributed by atoms with Crippen LogP contribution < -0.4 is 14.9 Å². The lowest BCUT2D eigenvalue weighted by Crippen LogP contribution is -2.08. The van der Waals surface area contributed by atoms with Gasteiger partial charge in [-0.25, -0.2) is 0 Å². The molecule has 1 aromatic heterocycles. The summed E-state index contributed by atoms with van der Waals surface area (Å²) in [4.78, 5) is 16.0. The largest absolute Gasteiger partial charge is 0.497 e. The van der Waals surface area contributed by atoms with Crippen LogP contribution in [0.4, 0.5) is 0 Å². The van der Waals surface area contributed by atoms with Crippen molar-refractivity contribution < 1.29 is 9.47 Å². The van der Waals surface area contributed by atoms with Gasteiger partial charge in [0, 0.05) is 28.4 Å². The standard InChI is InChI=1S/C17H14BrNO3/c1-21-12-7-14-16(15(8-12)22-2)17(20)13(9-19-14)10-3-5-11(18)6-4-10/h3-9H,1-2H3,(H,19,20). The molecule has 22 heavy (non-hydrogen) atoms. The van der Waals surface area contributed by atoms with Crippen LogP contribution in [-0.4, -0.2) is 19.2 Å². The monoisotopic (exact) mass is 359 g/mol. The van der Waals surface area contributed by atoms with Gasteiger partial charge in [0.05, 0.1) is 25.1 Å². The van der Waals surface area contributed by atoms with Crippen LogP contribution in [0.25, 0.3) is 22.0 Å². The summed E-state index contributed by atoms with van der Waals surface area (Å²) >= 11 is 3.40. The fraction of sp³-hybridized carbons (Fsp3) is 0.118. The molecule has 112 valence electrons. The lowest BCUT2D eigenvalue weighted by Gasteiger charge is -2.10. The van der Waals surface area contributed by atoms with Crippen molar-refractivity contribution in [1.82, 2.24) is 4.98 Å². The maximum atomic E-state index is 12.8. The zero-order valence-electron chi connectivity index (χ0n) is 12.1. The van der Waals surface area contributed by atoms with Crippen molar-refractivity contribution in [1.29, 1.82) is 0 Å². The highest BCUT2D eigenvalue weighted by atomic mass is 79.9. The highest BCUT2D eigenvalue weighted by Crippen LogP contribution is 2.29. The molecule has 1 N–H and O–H groups in total. The summed E-state index contributed by atoms with van der Waals surface area (Å²) in [5.74, 6) is 1.13. The van der Waals surface area contributed by atoms with Crippen molar-refractivity contribution in [3.05, 3.63) is 57.3 Å². The van der Waals surface area contributed by atoms with Gasteiger partial charge < -0.3 is 14.5 Å². The predicted molar refractivity (Wildman–Crippen MR) is 90.8 cm³/mol. The van der Waals surface area contributed by atoms with Gasteiger partial charge in [0.15, 0.2) is 0 Å². The Kier molecular flexibility index (Phi) is 3.90. The number of aromatic nitrogens is 1. The quantitative estimate of drug-likeness (QED) is 0.769. The fourth-order valence-corrected chi connectivity index (χ4v) is 2.68. The number of H-pyrrole nitrogens is 1. The summed E-state index contributed by atoms with van der Waals surface area (Å²) < 4.78 is 11.5. The number of hydrogen-bond donors (Lipinski definition) is 1. The van der Waals surface area contributed by atoms with Gasteiger partial charge in [-0.2, -0.15) is 0 Å². The molecule has 0 bridgehead atoms. The Labute approximate surface area is 135 Å². The lowest BCUT2D eigenvalue weighted by molar-refractivity contribution is 0.397. The van der Waals surface area contributed by atoms with Crippen LogP contribution in [0.2, 0.25) is 0 Å². The van der Waals surface area contributed by atoms with Gasteiger partial charge in [0.2, 0.25) is 5.43 Å². The van der Waals surface area contributed by atoms with Gasteiger partial charge in [-0.3, -0.25) is 4.79 Å². The minimum absolute atomic E-state index is 0.0735. The number of aromatic amines is 1. The number of methoxy groups -OCH3 is 2. The molecule has 0 spiro atoms. The van der Waals surface area contributed by atoms with Crippen LogP contribution in [0.3, 0.4) is 0 Å². The smallest absolute Gasteiger partial charge is 0.200 e. The second-order valence-electron chi connectivity index (χ2n) is 4.79. The molecule has 0 atom stereocenters. The topological polar surface area (TPSA) is 51.3 Å². The number of rotatable bonds is 3. The molecular formula is C17H14BrNO3. The summed E-state index contributed by atoms with van der Waals surface area (Å²) in [7, 11) is 3.12. The van der Waals surface area contributed by atoms with Crippen LogP contribution in [0.5, 0.6) is 11.5 Å². The molecule has 0 aliphatic heterocycles. The molecule has 0 amide bonds. The van der Waals surface area contributed by atoms with Crippen LogP contribution in [-0.2, 0) is 0 Å². The molecule has 0 saturated heterocycles. The van der Waals surface area contributed by atoms with E-state index in [1.807, 2.05) is 24.3 Å². The van der Waals surface area contributed by atoms with E-state index in [2.05, 4.69) is 20.9 Å². The molecule has 0 radical (unpaired) electrons. The second-order valence-corrected chi connectivity index (χ2v) is 5.71. The third-order valence-corrected chi connectivity index (χ3v) is 4.06. The van der Waals surface area contributed by atoms with Gasteiger partial charge in [-0.15, -0.1) is 0 Å². The number of hydrogen-bond acceptors (Lipinski definition) is 3. The number of ether oxygens (including phenoxy) is 2. The molecule has 0 saturated carbocycles. The first-order valence-electron chi connectivity index (χ1n) is 6.67. The van der Waals surface area contributed by atoms with Gasteiger partial charge in [0.25, 0.3) is 0 Å². The van der Waals surface area contributed by atoms with Crippen molar-refractivity contribution in [2.45, 2.75) is 0 Å². The first-order valence-corrected chi connectivity index (χ1v) is 7.46. The molecule has 5 heteroatoms. The van der Waals surface area contributed by atoms with Crippen LogP contribution in [0, 0.1) is 0 Å². The number of benzene rings is 2. The van der Waals surface area contributed by atoms with Crippen molar-refractivity contribution in [3.63, 3.8) is 0 Å². The average Bonchev–Trinajstić information content (AvgIpc) is 2.55. The van der Waals surface area contributed by atoms with Gasteiger partial charge >= 0.3 is 0 Å². The molecule has 3 aromatic rings. The summed E-state index contributed by atoms with van der Waals surface area (Å²) in [6.07, 6.45) is 1.72. The van der Waals surface area contributed by atoms with Crippen molar-refractivity contribution >= 4 is 26.8 Å². The minimum atomic E-state index is -0.0735. The van der Waals surface area contributed by atoms with Crippen molar-refractivity contribution in [3.8, 4) is 22.6 Å². The van der Waals surface area contributed by atoms with Crippen LogP contribution in [0.15, 0.2) is 51.9 Å². The third kappa shape index (κ3) is 2.48. The number of nitrogens with one attached hydrogen (secondary N) is 1. The minimum Gasteiger partial charge on any atom is -0.497 e. The molecule has 4 nitrogen and oxygen atoms in total. The summed E-state index contributed by atoms with van der Waals surface area (Å²) in [6, 6.07) is 11.1. The van der Waals surface area contributed by atoms with E-state index in [-0.39, 0.29) is 5.43 Å². The highest BCUT2D eigenvalue weighted by molar-refractivity contribution is 9.10. The van der Waals surface area contributed by atoms with E-state index in [1.165, 1.54) is 0 Å². The van der Waals surface area contributed by atoms with Crippen molar-refractivity contribution in [2.24, 2.45) is 0 Å². The number of pyridine rings is 1. The molecule has 0 aliphatic rings. The zero-order valence-corrected chi connectivity index (χ0v) is 13.7. The Hall–Kier alpha value is -2.27. The summed E-state index contributed by atoms with van der Waals surface area (Å²) in [5, 5.41) is 0.517. The van der Waals surface area contributed by atoms with Gasteiger partial charge in [-0.05, 0) is 17.7 Å². The molecule has 3 rings (SSSR count). The molecule has 2 aromatic carbocycles. The molecule has 1 heterocycles. The highest BCUT2D eigenvalue weighted by Gasteiger charge is 2.13. The third-order valence-electron chi connectivity index (χ3n) is 3.53. The predicted octanol–water partition coefficient (Wildman–Crippen LogP) is 3.97. The Morgan fingerprint density at radius 1 is 1.05 bits per heavy atom. The van der Waals surface area contributed by atoms with E-state index in [9.17, 15) is 4.79 Å². The Balaban J connectivity index is 2.29. The maximum absolute atomic E-state index is 12.8. The lowest BCUT2D eigenvalue weighted by atomic mass is 10.0. The van der Waals surface area contributed by atoms with E-state index in [1.54, 1.807) is 32.5 Å². The maximum Gasteiger partial charge on any atom is 0.200 e. The van der Waals surface area contributed by atoms with E-state index >= 15 is 0 Å². The first-order chi connectivity index (χ1) is 10.6. The SMILES string of the molecule is COc1cc(OC)c2c(=O)c(-c3ccc(Br)cc3)c[nH]c2c1. The summed E-state index contributed by atoms with van der Waals surface area (Å²) in [6.45, 7) is 0. The Morgan fingerprint density at radius 3 is 2.41 bits per heavy atom. The molecule has 0 fully saturated rings. The molecular weight excluding hydrogens is 346 g/mol. The fourth-order valence-electron chi connectivity index (χ4n) is 2.41. The zero-order chi connectivity index (χ0) is 15.7. The first kappa shape index (κ1) is 14.7.